The molecule has 1 amide bonds. The SMILES string of the molecule is O=C(Nc1ccccc1)Oc1nn(-c2ccccc2)c2ccccc12. The van der Waals surface area contributed by atoms with Gasteiger partial charge >= 0.3 is 6.09 Å². The van der Waals surface area contributed by atoms with Gasteiger partial charge in [-0.25, -0.2) is 9.48 Å². The van der Waals surface area contributed by atoms with Crippen LogP contribution in [-0.2, 0) is 0 Å². The largest absolute Gasteiger partial charge is 0.418 e. The molecule has 0 saturated heterocycles. The monoisotopic (exact) mass is 329 g/mol. The van der Waals surface area contributed by atoms with E-state index in [9.17, 15) is 4.79 Å². The van der Waals surface area contributed by atoms with E-state index in [1.807, 2.05) is 72.8 Å². The average molecular weight is 329 g/mol. The molecule has 0 bridgehead atoms. The van der Waals surface area contributed by atoms with Crippen molar-refractivity contribution in [3.05, 3.63) is 84.9 Å². The Bertz CT molecular complexity index is 1010. The van der Waals surface area contributed by atoms with Gasteiger partial charge in [0.1, 0.15) is 0 Å². The van der Waals surface area contributed by atoms with Gasteiger partial charge in [0.05, 0.1) is 16.6 Å². The van der Waals surface area contributed by atoms with Crippen LogP contribution in [0.1, 0.15) is 0 Å². The van der Waals surface area contributed by atoms with Crippen LogP contribution in [0.15, 0.2) is 84.9 Å². The molecule has 5 nitrogen and oxygen atoms in total. The Morgan fingerprint density at radius 2 is 1.48 bits per heavy atom. The van der Waals surface area contributed by atoms with Crippen molar-refractivity contribution in [2.45, 2.75) is 0 Å². The van der Waals surface area contributed by atoms with Crippen LogP contribution >= 0.6 is 0 Å². The summed E-state index contributed by atoms with van der Waals surface area (Å²) in [5, 5.41) is 7.94. The molecule has 4 aromatic rings. The van der Waals surface area contributed by atoms with Crippen molar-refractivity contribution in [3.8, 4) is 11.6 Å². The van der Waals surface area contributed by atoms with E-state index in [1.165, 1.54) is 0 Å². The number of carbonyl (C=O) groups excluding carboxylic acids is 1. The number of para-hydroxylation sites is 3. The summed E-state index contributed by atoms with van der Waals surface area (Å²) in [6, 6.07) is 26.5. The number of nitrogens with one attached hydrogen (secondary N) is 1. The molecule has 0 aliphatic heterocycles. The molecule has 0 radical (unpaired) electrons. The first-order chi connectivity index (χ1) is 12.3. The maximum atomic E-state index is 12.2. The lowest BCUT2D eigenvalue weighted by Crippen LogP contribution is -2.17. The number of nitrogens with zero attached hydrogens (tertiary/aromatic N) is 2. The van der Waals surface area contributed by atoms with Crippen LogP contribution in [0.3, 0.4) is 0 Å². The van der Waals surface area contributed by atoms with Crippen LogP contribution < -0.4 is 10.1 Å². The molecular formula is C20H15N3O2. The molecule has 0 saturated carbocycles. The van der Waals surface area contributed by atoms with Crippen molar-refractivity contribution in [3.63, 3.8) is 0 Å². The minimum atomic E-state index is -0.574. The average Bonchev–Trinajstić information content (AvgIpc) is 3.02. The number of amides is 1. The molecule has 5 heteroatoms. The summed E-state index contributed by atoms with van der Waals surface area (Å²) < 4.78 is 7.22. The molecule has 3 aromatic carbocycles. The zero-order chi connectivity index (χ0) is 17.1. The highest BCUT2D eigenvalue weighted by atomic mass is 16.6. The first-order valence-electron chi connectivity index (χ1n) is 7.88. The van der Waals surface area contributed by atoms with E-state index in [0.29, 0.717) is 5.69 Å². The second-order valence-corrected chi connectivity index (χ2v) is 5.45. The predicted molar refractivity (Wildman–Crippen MR) is 97.2 cm³/mol. The standard InChI is InChI=1S/C20H15N3O2/c24-20(21-15-9-3-1-4-10-15)25-19-17-13-7-8-14-18(17)23(22-19)16-11-5-2-6-12-16/h1-14H,(H,21,24). The Morgan fingerprint density at radius 1 is 0.840 bits per heavy atom. The van der Waals surface area contributed by atoms with Gasteiger partial charge in [0.2, 0.25) is 0 Å². The van der Waals surface area contributed by atoms with Gasteiger partial charge in [-0.05, 0) is 36.4 Å². The van der Waals surface area contributed by atoms with Crippen LogP contribution in [0, 0.1) is 0 Å². The highest BCUT2D eigenvalue weighted by molar-refractivity contribution is 5.91. The van der Waals surface area contributed by atoms with Gasteiger partial charge in [-0.1, -0.05) is 48.5 Å². The van der Waals surface area contributed by atoms with E-state index >= 15 is 0 Å². The summed E-state index contributed by atoms with van der Waals surface area (Å²) in [6.45, 7) is 0. The second-order valence-electron chi connectivity index (χ2n) is 5.45. The van der Waals surface area contributed by atoms with Crippen molar-refractivity contribution in [1.29, 1.82) is 0 Å². The van der Waals surface area contributed by atoms with Gasteiger partial charge in [0.25, 0.3) is 5.88 Å². The van der Waals surface area contributed by atoms with Crippen molar-refractivity contribution in [2.24, 2.45) is 0 Å². The number of fused-ring (bicyclic) bond motifs is 1. The van der Waals surface area contributed by atoms with Crippen LogP contribution in [0.5, 0.6) is 5.88 Å². The molecule has 1 heterocycles. The van der Waals surface area contributed by atoms with Gasteiger partial charge < -0.3 is 4.74 Å². The lowest BCUT2D eigenvalue weighted by atomic mass is 10.2. The first-order valence-corrected chi connectivity index (χ1v) is 7.88. The molecule has 0 aliphatic carbocycles. The van der Waals surface area contributed by atoms with Crippen molar-refractivity contribution in [2.75, 3.05) is 5.32 Å². The van der Waals surface area contributed by atoms with Gasteiger partial charge in [0.15, 0.2) is 0 Å². The number of carbonyl (C=O) groups is 1. The normalized spacial score (nSPS) is 10.6. The minimum Gasteiger partial charge on any atom is -0.389 e. The number of rotatable bonds is 3. The number of hydrogen-bond acceptors (Lipinski definition) is 3. The lowest BCUT2D eigenvalue weighted by molar-refractivity contribution is 0.213. The summed E-state index contributed by atoms with van der Waals surface area (Å²) in [7, 11) is 0. The zero-order valence-electron chi connectivity index (χ0n) is 13.3. The molecule has 122 valence electrons. The Kier molecular flexibility index (Phi) is 3.88. The van der Waals surface area contributed by atoms with Gasteiger partial charge in [-0.3, -0.25) is 5.32 Å². The summed E-state index contributed by atoms with van der Waals surface area (Å²) in [4.78, 5) is 12.2. The fourth-order valence-corrected chi connectivity index (χ4v) is 2.63. The van der Waals surface area contributed by atoms with Gasteiger partial charge in [-0.2, -0.15) is 0 Å². The number of aromatic nitrogens is 2. The van der Waals surface area contributed by atoms with Crippen LogP contribution in [-0.4, -0.2) is 15.9 Å². The van der Waals surface area contributed by atoms with Crippen molar-refractivity contribution in [1.82, 2.24) is 9.78 Å². The Balaban J connectivity index is 1.67. The highest BCUT2D eigenvalue weighted by Gasteiger charge is 2.15. The molecule has 0 aliphatic rings. The topological polar surface area (TPSA) is 56.1 Å². The third-order valence-corrected chi connectivity index (χ3v) is 3.76. The van der Waals surface area contributed by atoms with E-state index in [2.05, 4.69) is 10.4 Å². The molecule has 0 atom stereocenters. The number of benzene rings is 3. The highest BCUT2D eigenvalue weighted by Crippen LogP contribution is 2.27. The van der Waals surface area contributed by atoms with Gasteiger partial charge in [0, 0.05) is 5.69 Å². The van der Waals surface area contributed by atoms with E-state index in [0.717, 1.165) is 16.6 Å². The molecule has 25 heavy (non-hydrogen) atoms. The van der Waals surface area contributed by atoms with Crippen LogP contribution in [0.25, 0.3) is 16.6 Å². The summed E-state index contributed by atoms with van der Waals surface area (Å²) >= 11 is 0. The van der Waals surface area contributed by atoms with Crippen molar-refractivity contribution >= 4 is 22.7 Å². The summed E-state index contributed by atoms with van der Waals surface area (Å²) in [6.07, 6.45) is -0.574. The molecule has 1 N–H and O–H groups in total. The number of anilines is 1. The van der Waals surface area contributed by atoms with Crippen LogP contribution in [0.2, 0.25) is 0 Å². The maximum Gasteiger partial charge on any atom is 0.418 e. The van der Waals surface area contributed by atoms with E-state index in [4.69, 9.17) is 4.74 Å². The third-order valence-electron chi connectivity index (χ3n) is 3.76. The molecule has 1 aromatic heterocycles. The number of hydrogen-bond donors (Lipinski definition) is 1. The van der Waals surface area contributed by atoms with Crippen molar-refractivity contribution < 1.29 is 9.53 Å². The minimum absolute atomic E-state index is 0.271. The molecular weight excluding hydrogens is 314 g/mol. The third kappa shape index (κ3) is 3.07. The Hall–Kier alpha value is -3.60. The van der Waals surface area contributed by atoms with E-state index in [1.54, 1.807) is 16.8 Å². The Labute approximate surface area is 144 Å². The lowest BCUT2D eigenvalue weighted by Gasteiger charge is -2.04. The molecule has 0 unspecified atom stereocenters. The molecule has 0 spiro atoms. The smallest absolute Gasteiger partial charge is 0.389 e. The van der Waals surface area contributed by atoms with E-state index < -0.39 is 6.09 Å². The predicted octanol–water partition coefficient (Wildman–Crippen LogP) is 4.64. The van der Waals surface area contributed by atoms with E-state index in [-0.39, 0.29) is 5.88 Å². The first kappa shape index (κ1) is 15.0. The quantitative estimate of drug-likeness (QED) is 0.596. The zero-order valence-corrected chi connectivity index (χ0v) is 13.3. The fraction of sp³-hybridized carbons (Fsp3) is 0. The van der Waals surface area contributed by atoms with Gasteiger partial charge in [-0.15, -0.1) is 5.10 Å². The summed E-state index contributed by atoms with van der Waals surface area (Å²) in [5.41, 5.74) is 2.44. The maximum absolute atomic E-state index is 12.2. The number of ether oxygens (including phenoxy) is 1. The fourth-order valence-electron chi connectivity index (χ4n) is 2.63. The second kappa shape index (κ2) is 6.49. The molecule has 4 rings (SSSR count). The Morgan fingerprint density at radius 3 is 2.24 bits per heavy atom. The molecule has 0 fully saturated rings. The van der Waals surface area contributed by atoms with Crippen LogP contribution in [0.4, 0.5) is 10.5 Å². The summed E-state index contributed by atoms with van der Waals surface area (Å²) in [5.74, 6) is 0.271.